The van der Waals surface area contributed by atoms with Crippen LogP contribution >= 0.6 is 11.8 Å². The quantitative estimate of drug-likeness (QED) is 0.0176. The standard InChI is InChI=1S/C85H125N21O19S/c1-8-10-13-22-57-76(118)101-64(38-51-28-32-56(107)33-29-51)81(123)100-61(41-55-43-91-46-94-55)67(108)39-54(40-69(110)111)74(116)97-59(24-17-18-34-92-84(87)88)78(120)106-71(48(5)6)83(125)104-62(36-47(3)4)79(121)102-63(37-50-26-30-53(31-27-50)52-20-15-12-16-21-52)80(122)99-58(23-14-11-9-2)77(119)103-65(42-70(112)113)82(124)105-66(72(86)114)44-126-45-68(109)95-49(7)73(115)96-60(75(117)98-57)25-19-35-93-85(89)90/h12,15-16,20-21,26-33,43,46-49,54,57-66,71,107H,8-11,13-14,17-19,22-25,34-42,44-45H2,1-7H3,(H2,86,114)(H,91,94)(H,95,109)(H,96,115)(H,97,116)(H,98,117)(H,99,122)(H,100,123)(H,101,118)(H,102,121)(H,103,119)(H,104,125)(H,105,124)(H,106,120)(H,110,111)(H,112,113)(H4,87,88,92)(H4,89,90,93)/t49-,54-,57-,58-,59-,60-,61-,62-,63-,64-,65-,66-,71-/m0/s1. The van der Waals surface area contributed by atoms with Crippen molar-refractivity contribution in [2.75, 3.05) is 24.6 Å². The number of nitrogens with zero attached hydrogens (tertiary/aromatic N) is 1. The molecule has 41 heteroatoms. The van der Waals surface area contributed by atoms with Gasteiger partial charge in [-0.3, -0.25) is 87.5 Å². The minimum Gasteiger partial charge on any atom is -0.508 e. The van der Waals surface area contributed by atoms with Crippen LogP contribution in [0.1, 0.15) is 174 Å². The first-order valence-corrected chi connectivity index (χ1v) is 43.5. The number of amides is 13. The van der Waals surface area contributed by atoms with E-state index in [0.717, 1.165) is 22.9 Å². The first-order valence-electron chi connectivity index (χ1n) is 42.4. The van der Waals surface area contributed by atoms with E-state index in [4.69, 9.17) is 28.0 Å². The van der Waals surface area contributed by atoms with Crippen molar-refractivity contribution in [3.63, 3.8) is 0 Å². The van der Waals surface area contributed by atoms with Gasteiger partial charge in [-0.2, -0.15) is 0 Å². The summed E-state index contributed by atoms with van der Waals surface area (Å²) in [5, 5.41) is 82.9. The monoisotopic (exact) mass is 1780 g/mol. The summed E-state index contributed by atoms with van der Waals surface area (Å²) in [7, 11) is 0. The largest absolute Gasteiger partial charge is 0.508 e. The molecule has 0 unspecified atom stereocenters. The smallest absolute Gasteiger partial charge is 0.305 e. The normalized spacial score (nSPS) is 22.9. The van der Waals surface area contributed by atoms with E-state index >= 15 is 19.2 Å². The van der Waals surface area contributed by atoms with Crippen molar-refractivity contribution in [3.8, 4) is 16.9 Å². The number of thioether (sulfide) groups is 1. The van der Waals surface area contributed by atoms with Gasteiger partial charge in [0.1, 0.15) is 72.2 Å². The maximum atomic E-state index is 15.1. The molecule has 5 rings (SSSR count). The predicted molar refractivity (Wildman–Crippen MR) is 468 cm³/mol. The molecular weight excluding hydrogens is 1650 g/mol. The fraction of sp³-hybridized carbons (Fsp3) is 0.541. The molecule has 0 saturated carbocycles. The Kier molecular flexibility index (Phi) is 44.6. The summed E-state index contributed by atoms with van der Waals surface area (Å²) < 4.78 is 0. The van der Waals surface area contributed by atoms with E-state index in [-0.39, 0.29) is 107 Å². The number of Topliss-reactive ketones (excluding diaryl/α,β-unsaturated/α-hetero) is 1. The minimum atomic E-state index is -1.94. The molecule has 0 radical (unpaired) electrons. The first kappa shape index (κ1) is 104. The number of hydrogen-bond donors (Lipinski definition) is 23. The van der Waals surface area contributed by atoms with Crippen molar-refractivity contribution in [2.24, 2.45) is 35.0 Å². The van der Waals surface area contributed by atoms with Gasteiger partial charge in [0.15, 0.2) is 17.7 Å². The lowest BCUT2D eigenvalue weighted by Crippen LogP contribution is -2.61. The van der Waals surface area contributed by atoms with E-state index in [1.54, 1.807) is 52.0 Å². The average Bonchev–Trinajstić information content (AvgIpc) is 1.72. The topological polar surface area (TPSA) is 657 Å². The summed E-state index contributed by atoms with van der Waals surface area (Å²) in [6.07, 6.45) is 1.40. The van der Waals surface area contributed by atoms with Gasteiger partial charge in [0, 0.05) is 50.7 Å². The van der Waals surface area contributed by atoms with Crippen LogP contribution in [0, 0.1) is 28.6 Å². The van der Waals surface area contributed by atoms with Crippen LogP contribution in [0.25, 0.3) is 11.1 Å². The number of hydrogen-bond acceptors (Lipinski definition) is 21. The lowest BCUT2D eigenvalue weighted by atomic mass is 9.92. The van der Waals surface area contributed by atoms with Gasteiger partial charge in [-0.05, 0) is 105 Å². The van der Waals surface area contributed by atoms with Crippen molar-refractivity contribution in [3.05, 3.63) is 108 Å². The van der Waals surface area contributed by atoms with Gasteiger partial charge in [0.2, 0.25) is 76.8 Å². The number of carboxylic acids is 2. The molecule has 26 N–H and O–H groups in total. The van der Waals surface area contributed by atoms with E-state index in [0.29, 0.717) is 43.2 Å². The summed E-state index contributed by atoms with van der Waals surface area (Å²) >= 11 is 0.742. The highest BCUT2D eigenvalue weighted by atomic mass is 32.2. The number of aromatic nitrogens is 2. The van der Waals surface area contributed by atoms with Gasteiger partial charge in [-0.15, -0.1) is 11.8 Å². The van der Waals surface area contributed by atoms with Gasteiger partial charge in [0.05, 0.1) is 42.6 Å². The third kappa shape index (κ3) is 37.8. The van der Waals surface area contributed by atoms with E-state index < -0.39 is 222 Å². The Morgan fingerprint density at radius 2 is 0.921 bits per heavy atom. The number of primary amides is 1. The number of guanidine groups is 2. The van der Waals surface area contributed by atoms with Crippen molar-refractivity contribution in [1.29, 1.82) is 10.8 Å². The van der Waals surface area contributed by atoms with Gasteiger partial charge >= 0.3 is 11.9 Å². The highest BCUT2D eigenvalue weighted by Crippen LogP contribution is 2.23. The number of aromatic amines is 1. The number of phenols is 1. The number of imidazole rings is 1. The lowest BCUT2D eigenvalue weighted by Gasteiger charge is -2.29. The van der Waals surface area contributed by atoms with Crippen molar-refractivity contribution in [2.45, 2.75) is 249 Å². The van der Waals surface area contributed by atoms with E-state index in [2.05, 4.69) is 84.4 Å². The maximum Gasteiger partial charge on any atom is 0.305 e. The van der Waals surface area contributed by atoms with Gasteiger partial charge in [-0.1, -0.05) is 147 Å². The van der Waals surface area contributed by atoms with Gasteiger partial charge in [0.25, 0.3) is 0 Å². The predicted octanol–water partition coefficient (Wildman–Crippen LogP) is 0.184. The Morgan fingerprint density at radius 3 is 1.41 bits per heavy atom. The Balaban J connectivity index is 1.66. The number of carbonyl (C=O) groups excluding carboxylic acids is 14. The number of unbranched alkanes of at least 4 members (excludes halogenated alkanes) is 5. The number of phenolic OH excluding ortho intramolecular Hbond substituents is 1. The third-order valence-corrected chi connectivity index (χ3v) is 21.6. The molecule has 126 heavy (non-hydrogen) atoms. The molecular formula is C85H125N21O19S. The lowest BCUT2D eigenvalue weighted by molar-refractivity contribution is -0.143. The molecule has 13 atom stereocenters. The van der Waals surface area contributed by atoms with Crippen LogP contribution in [0.3, 0.4) is 0 Å². The van der Waals surface area contributed by atoms with Crippen LogP contribution < -0.4 is 91.6 Å². The summed E-state index contributed by atoms with van der Waals surface area (Å²) in [5.41, 5.74) is 19.5. The molecule has 1 aliphatic heterocycles. The van der Waals surface area contributed by atoms with Crippen molar-refractivity contribution in [1.82, 2.24) is 84.4 Å². The number of carbonyl (C=O) groups is 16. The maximum absolute atomic E-state index is 15.1. The first-order chi connectivity index (χ1) is 59.8. The van der Waals surface area contributed by atoms with Crippen LogP contribution in [0.5, 0.6) is 5.75 Å². The number of rotatable bonds is 32. The third-order valence-electron chi connectivity index (χ3n) is 20.5. The summed E-state index contributed by atoms with van der Waals surface area (Å²) in [5.74, 6) is -21.9. The summed E-state index contributed by atoms with van der Waals surface area (Å²) in [6, 6.07) is 2.97. The Morgan fingerprint density at radius 1 is 0.484 bits per heavy atom. The minimum absolute atomic E-state index is 0.0180. The molecule has 13 amide bonds. The highest BCUT2D eigenvalue weighted by Gasteiger charge is 2.40. The Labute approximate surface area is 736 Å². The zero-order valence-corrected chi connectivity index (χ0v) is 73.1. The molecule has 1 saturated heterocycles. The number of benzene rings is 3. The average molecular weight is 1780 g/mol. The van der Waals surface area contributed by atoms with E-state index in [1.165, 1.54) is 43.7 Å². The molecule has 4 aromatic rings. The second-order valence-electron chi connectivity index (χ2n) is 32.0. The molecule has 2 heterocycles. The SMILES string of the molecule is CCCCC[C@@H]1NC(=O)[C@H](CCCNC(=N)N)NC(=O)[C@H](C)NC(=O)CSC[C@@H](C(N)=O)NC(=O)[C@H](CC(=O)O)NC(=O)[C@H](CCCCC)NC(=O)[C@H](Cc2ccc(-c3ccccc3)cc2)NC(=O)[C@H](CC(C)C)NC(=O)[C@H](C(C)C)NC(=O)[C@H](CCCCNC(=N)N)NC(=O)[C@H](CC(=O)O)CC(=O)[C@H](Cc2c[nH]cn2)NC(=O)[C@H](Cc2ccc(O)cc2)NC1=O. The molecule has 0 spiro atoms. The number of carboxylic acid groups (broad SMARTS) is 2. The van der Waals surface area contributed by atoms with E-state index in [9.17, 15) is 72.9 Å². The number of aromatic hydroxyl groups is 1. The fourth-order valence-corrected chi connectivity index (χ4v) is 14.5. The molecule has 0 aliphatic carbocycles. The molecule has 1 aliphatic rings. The van der Waals surface area contributed by atoms with Gasteiger partial charge in [-0.25, -0.2) is 4.98 Å². The Hall–Kier alpha value is -12.7. The second kappa shape index (κ2) is 54.1. The molecule has 40 nitrogen and oxygen atoms in total. The molecule has 0 bridgehead atoms. The fourth-order valence-electron chi connectivity index (χ4n) is 13.6. The number of nitrogens with one attached hydrogen (secondary N) is 17. The van der Waals surface area contributed by atoms with Crippen LogP contribution in [-0.4, -0.2) is 229 Å². The molecule has 1 fully saturated rings. The molecule has 3 aromatic carbocycles. The second-order valence-corrected chi connectivity index (χ2v) is 33.0. The number of H-pyrrole nitrogens is 1. The van der Waals surface area contributed by atoms with Crippen LogP contribution in [-0.2, 0) is 96.0 Å². The van der Waals surface area contributed by atoms with Crippen LogP contribution in [0.15, 0.2) is 91.4 Å². The molecule has 1 aromatic heterocycles. The Bertz CT molecular complexity index is 4330. The number of aliphatic carboxylic acids is 2. The summed E-state index contributed by atoms with van der Waals surface area (Å²) in [6.45, 7) is 11.8. The zero-order valence-electron chi connectivity index (χ0n) is 72.3. The number of ketones is 1. The van der Waals surface area contributed by atoms with Crippen molar-refractivity contribution < 1.29 is 92.0 Å². The van der Waals surface area contributed by atoms with Crippen LogP contribution in [0.2, 0.25) is 0 Å². The molecule has 690 valence electrons. The van der Waals surface area contributed by atoms with Crippen molar-refractivity contribution >= 4 is 118 Å². The number of nitrogens with two attached hydrogens (primary N) is 3. The van der Waals surface area contributed by atoms with Crippen LogP contribution in [0.4, 0.5) is 0 Å². The summed E-state index contributed by atoms with van der Waals surface area (Å²) in [4.78, 5) is 237. The van der Waals surface area contributed by atoms with Gasteiger partial charge < -0.3 is 112 Å². The highest BCUT2D eigenvalue weighted by molar-refractivity contribution is 8.00. The van der Waals surface area contributed by atoms with E-state index in [1.807, 2.05) is 44.2 Å². The zero-order chi connectivity index (χ0) is 93.1.